The van der Waals surface area contributed by atoms with Crippen molar-refractivity contribution in [2.45, 2.75) is 25.3 Å². The largest absolute Gasteiger partial charge is 0.375 e. The van der Waals surface area contributed by atoms with Gasteiger partial charge in [-0.15, -0.1) is 46.4 Å². The van der Waals surface area contributed by atoms with Crippen molar-refractivity contribution in [1.29, 1.82) is 0 Å². The first-order valence-corrected chi connectivity index (χ1v) is 10.9. The maximum absolute atomic E-state index is 7.34. The minimum atomic E-state index is -1.50. The molecule has 0 saturated heterocycles. The van der Waals surface area contributed by atoms with Gasteiger partial charge in [0.25, 0.3) is 0 Å². The Bertz CT molecular complexity index is 878. The summed E-state index contributed by atoms with van der Waals surface area (Å²) >= 11 is 39.0. The number of thiocarbonyl (C=S) groups is 2. The van der Waals surface area contributed by atoms with Crippen molar-refractivity contribution in [3.63, 3.8) is 0 Å². The molecule has 0 aromatic rings. The van der Waals surface area contributed by atoms with Crippen molar-refractivity contribution in [2.24, 2.45) is 45.3 Å². The van der Waals surface area contributed by atoms with Gasteiger partial charge in [0.15, 0.2) is 10.2 Å². The first-order valence-electron chi connectivity index (χ1n) is 8.59. The van der Waals surface area contributed by atoms with Crippen molar-refractivity contribution in [2.75, 3.05) is 14.2 Å². The van der Waals surface area contributed by atoms with Crippen molar-refractivity contribution in [3.8, 4) is 0 Å². The Labute approximate surface area is 196 Å². The van der Waals surface area contributed by atoms with Crippen LogP contribution in [-0.2, 0) is 9.47 Å². The SMILES string of the molecule is COC1(OC)[C@@]2(Cl)[C@@H]3C(=NNC(N)=S)[C@@H]4[C@@H]5C(=NNC(N)=S)[C@@H]3[C@@]1(Cl)[C@@]5(Cl)[C@@]42Cl. The maximum Gasteiger partial charge on any atom is 0.211 e. The highest BCUT2D eigenvalue weighted by atomic mass is 35.5. The number of nitrogens with zero attached hydrogens (tertiary/aromatic N) is 2. The van der Waals surface area contributed by atoms with E-state index in [0.29, 0.717) is 11.4 Å². The summed E-state index contributed by atoms with van der Waals surface area (Å²) in [6.45, 7) is 0. The third kappa shape index (κ3) is 1.56. The molecule has 8 atom stereocenters. The molecule has 29 heavy (non-hydrogen) atoms. The van der Waals surface area contributed by atoms with Crippen LogP contribution in [0.1, 0.15) is 0 Å². The number of alkyl halides is 4. The summed E-state index contributed by atoms with van der Waals surface area (Å²) in [5.74, 6) is -3.27. The Morgan fingerprint density at radius 3 is 1.38 bits per heavy atom. The van der Waals surface area contributed by atoms with Gasteiger partial charge in [-0.2, -0.15) is 10.2 Å². The van der Waals surface area contributed by atoms with Crippen LogP contribution in [0.5, 0.6) is 0 Å². The van der Waals surface area contributed by atoms with Crippen LogP contribution >= 0.6 is 70.8 Å². The molecule has 0 aromatic carbocycles. The Morgan fingerprint density at radius 1 is 0.793 bits per heavy atom. The molecule has 8 nitrogen and oxygen atoms in total. The zero-order chi connectivity index (χ0) is 21.4. The van der Waals surface area contributed by atoms with Crippen molar-refractivity contribution in [1.82, 2.24) is 10.9 Å². The van der Waals surface area contributed by atoms with Gasteiger partial charge in [-0.05, 0) is 24.4 Å². The predicted molar refractivity (Wildman–Crippen MR) is 120 cm³/mol. The van der Waals surface area contributed by atoms with Crippen LogP contribution < -0.4 is 22.3 Å². The first kappa shape index (κ1) is 20.7. The summed E-state index contributed by atoms with van der Waals surface area (Å²) in [5, 5.41) is 8.90. The Morgan fingerprint density at radius 2 is 1.10 bits per heavy atom. The molecule has 5 aliphatic rings. The second kappa shape index (κ2) is 5.58. The van der Waals surface area contributed by atoms with Gasteiger partial charge in [0, 0.05) is 49.3 Å². The molecule has 14 heteroatoms. The molecule has 158 valence electrons. The van der Waals surface area contributed by atoms with Crippen LogP contribution in [0.25, 0.3) is 0 Å². The molecule has 0 amide bonds. The molecule has 5 aliphatic carbocycles. The van der Waals surface area contributed by atoms with E-state index in [0.717, 1.165) is 0 Å². The molecule has 5 fully saturated rings. The minimum absolute atomic E-state index is 0.0121. The van der Waals surface area contributed by atoms with Crippen LogP contribution in [0.2, 0.25) is 0 Å². The molecule has 2 bridgehead atoms. The Balaban J connectivity index is 1.81. The zero-order valence-corrected chi connectivity index (χ0v) is 19.7. The quantitative estimate of drug-likeness (QED) is 0.187. The third-order valence-corrected chi connectivity index (χ3v) is 11.1. The lowest BCUT2D eigenvalue weighted by molar-refractivity contribution is -0.223. The van der Waals surface area contributed by atoms with E-state index in [4.69, 9.17) is 91.8 Å². The van der Waals surface area contributed by atoms with E-state index < -0.39 is 37.1 Å². The average molecular weight is 518 g/mol. The summed E-state index contributed by atoms with van der Waals surface area (Å²) in [7, 11) is 2.94. The molecule has 5 rings (SSSR count). The minimum Gasteiger partial charge on any atom is -0.375 e. The molecule has 0 radical (unpaired) electrons. The van der Waals surface area contributed by atoms with Gasteiger partial charge in [-0.25, -0.2) is 0 Å². The van der Waals surface area contributed by atoms with Gasteiger partial charge in [-0.3, -0.25) is 10.9 Å². The van der Waals surface area contributed by atoms with Crippen molar-refractivity contribution in [3.05, 3.63) is 0 Å². The van der Waals surface area contributed by atoms with Gasteiger partial charge < -0.3 is 20.9 Å². The first-order chi connectivity index (χ1) is 13.5. The fourth-order valence-corrected chi connectivity index (χ4v) is 10.3. The number of hydrogen-bond donors (Lipinski definition) is 4. The number of nitrogens with two attached hydrogens (primary N) is 2. The lowest BCUT2D eigenvalue weighted by atomic mass is 9.57. The van der Waals surface area contributed by atoms with E-state index in [-0.39, 0.29) is 22.1 Å². The summed E-state index contributed by atoms with van der Waals surface area (Å²) in [5.41, 5.74) is 17.8. The van der Waals surface area contributed by atoms with E-state index in [1.165, 1.54) is 14.2 Å². The summed E-state index contributed by atoms with van der Waals surface area (Å²) in [4.78, 5) is -5.06. The zero-order valence-electron chi connectivity index (χ0n) is 15.0. The van der Waals surface area contributed by atoms with Gasteiger partial charge in [0.1, 0.15) is 19.5 Å². The van der Waals surface area contributed by atoms with E-state index in [1.54, 1.807) is 0 Å². The molecule has 6 N–H and O–H groups in total. The number of hydrogen-bond acceptors (Lipinski definition) is 6. The van der Waals surface area contributed by atoms with E-state index >= 15 is 0 Å². The van der Waals surface area contributed by atoms with Crippen LogP contribution in [0, 0.1) is 23.7 Å². The fourth-order valence-electron chi connectivity index (χ4n) is 6.94. The second-order valence-electron chi connectivity index (χ2n) is 7.81. The molecule has 0 unspecified atom stereocenters. The van der Waals surface area contributed by atoms with Crippen molar-refractivity contribution < 1.29 is 9.47 Å². The molecule has 0 aliphatic heterocycles. The highest BCUT2D eigenvalue weighted by Gasteiger charge is 3.11. The summed E-state index contributed by atoms with van der Waals surface area (Å²) in [6, 6.07) is 0. The molecule has 0 spiro atoms. The molecular weight excluding hydrogens is 502 g/mol. The van der Waals surface area contributed by atoms with E-state index in [2.05, 4.69) is 21.1 Å². The average Bonchev–Trinajstić information content (AvgIpc) is 2.96. The van der Waals surface area contributed by atoms with Crippen LogP contribution in [0.3, 0.4) is 0 Å². The standard InChI is InChI=1S/C15H16Cl4N6O2S2/c1-26-15(27-2)13(18)5-6-8(23-25-10(21)29)4-3(7(5)22-24-9(20)28)11(13,16)12(4,17)14(6,15)19/h3-6H,1-2H3,(H3,20,24,28)(H3,21,25,29)/t3-,4+,5-,6+,11-,12-,13+,14+/m0/s1. The van der Waals surface area contributed by atoms with E-state index in [1.807, 2.05) is 0 Å². The van der Waals surface area contributed by atoms with Gasteiger partial charge in [-0.1, -0.05) is 0 Å². The number of ether oxygens (including phenoxy) is 2. The number of hydrazone groups is 2. The Hall–Kier alpha value is -0.200. The topological polar surface area (TPSA) is 119 Å². The Kier molecular flexibility index (Phi) is 3.98. The number of methoxy groups -OCH3 is 2. The van der Waals surface area contributed by atoms with Crippen molar-refractivity contribution >= 4 is 92.5 Å². The number of rotatable bonds is 4. The van der Waals surface area contributed by atoms with Gasteiger partial charge >= 0.3 is 0 Å². The smallest absolute Gasteiger partial charge is 0.211 e. The summed E-state index contributed by atoms with van der Waals surface area (Å²) in [6.07, 6.45) is 0. The number of nitrogens with one attached hydrogen (secondary N) is 2. The third-order valence-electron chi connectivity index (χ3n) is 7.37. The highest BCUT2D eigenvalue weighted by molar-refractivity contribution is 7.80. The van der Waals surface area contributed by atoms with Crippen LogP contribution in [0.15, 0.2) is 10.2 Å². The van der Waals surface area contributed by atoms with Crippen LogP contribution in [-0.4, -0.2) is 61.2 Å². The lowest BCUT2D eigenvalue weighted by Crippen LogP contribution is -2.73. The van der Waals surface area contributed by atoms with Gasteiger partial charge in [0.05, 0.1) is 0 Å². The second-order valence-corrected chi connectivity index (χ2v) is 11.1. The normalized spacial score (nSPS) is 54.3. The molecular formula is C15H16Cl4N6O2S2. The number of fused-ring (bicyclic) bond motifs is 2. The maximum atomic E-state index is 7.34. The fraction of sp³-hybridized carbons (Fsp3) is 0.733. The van der Waals surface area contributed by atoms with Crippen LogP contribution in [0.4, 0.5) is 0 Å². The molecule has 0 aromatic heterocycles. The molecule has 0 heterocycles. The highest BCUT2D eigenvalue weighted by Crippen LogP contribution is 2.95. The lowest BCUT2D eigenvalue weighted by Gasteiger charge is -2.58. The molecule has 5 saturated carbocycles. The predicted octanol–water partition coefficient (Wildman–Crippen LogP) is 0.797. The number of halogens is 4. The van der Waals surface area contributed by atoms with Gasteiger partial charge in [0.2, 0.25) is 5.79 Å². The monoisotopic (exact) mass is 516 g/mol. The van der Waals surface area contributed by atoms with E-state index in [9.17, 15) is 0 Å². The summed E-state index contributed by atoms with van der Waals surface area (Å²) < 4.78 is 11.8.